The number of rotatable bonds is 0. The van der Waals surface area contributed by atoms with Crippen LogP contribution in [0.15, 0.2) is 23.6 Å². The lowest BCUT2D eigenvalue weighted by atomic mass is 10.2. The lowest BCUT2D eigenvalue weighted by molar-refractivity contribution is 0.640. The summed E-state index contributed by atoms with van der Waals surface area (Å²) in [6.45, 7) is 0. The van der Waals surface area contributed by atoms with Gasteiger partial charge in [0.2, 0.25) is 0 Å². The molecule has 0 aliphatic rings. The number of thiophene rings is 1. The minimum atomic E-state index is -0.182. The molecule has 49 valence electrons. The molecule has 2 heteroatoms. The van der Waals surface area contributed by atoms with Gasteiger partial charge in [-0.15, -0.1) is 11.3 Å². The Morgan fingerprint density at radius 3 is 3.10 bits per heavy atom. The topological polar surface area (TPSA) is 0 Å². The minimum Gasteiger partial charge on any atom is -0.206 e. The van der Waals surface area contributed by atoms with E-state index in [1.807, 2.05) is 5.38 Å². The van der Waals surface area contributed by atoms with E-state index in [9.17, 15) is 4.39 Å². The highest BCUT2D eigenvalue weighted by Gasteiger charge is 1.98. The summed E-state index contributed by atoms with van der Waals surface area (Å²) in [6, 6.07) is 7.66. The van der Waals surface area contributed by atoms with Crippen molar-refractivity contribution in [3.8, 4) is 0 Å². The van der Waals surface area contributed by atoms with Crippen LogP contribution < -0.4 is 0 Å². The zero-order valence-electron chi connectivity index (χ0n) is 5.10. The van der Waals surface area contributed by atoms with E-state index < -0.39 is 0 Å². The number of hydrogen-bond donors (Lipinski definition) is 0. The van der Waals surface area contributed by atoms with Crippen LogP contribution in [-0.2, 0) is 0 Å². The highest BCUT2D eigenvalue weighted by molar-refractivity contribution is 7.17. The van der Waals surface area contributed by atoms with Gasteiger partial charge in [-0.25, -0.2) is 4.39 Å². The summed E-state index contributed by atoms with van der Waals surface area (Å²) in [4.78, 5) is 0. The first-order chi connectivity index (χ1) is 4.88. The second-order valence-corrected chi connectivity index (χ2v) is 2.95. The van der Waals surface area contributed by atoms with Crippen molar-refractivity contribution in [3.63, 3.8) is 0 Å². The van der Waals surface area contributed by atoms with Crippen LogP contribution >= 0.6 is 11.3 Å². The van der Waals surface area contributed by atoms with Gasteiger partial charge in [-0.05, 0) is 29.6 Å². The second kappa shape index (κ2) is 2.06. The smallest absolute Gasteiger partial charge is 0.132 e. The Balaban J connectivity index is 2.95. The Morgan fingerprint density at radius 2 is 2.30 bits per heavy atom. The van der Waals surface area contributed by atoms with Gasteiger partial charge in [-0.1, -0.05) is 0 Å². The van der Waals surface area contributed by atoms with Gasteiger partial charge in [0.25, 0.3) is 0 Å². The van der Waals surface area contributed by atoms with Crippen LogP contribution in [0, 0.1) is 11.9 Å². The Hall–Kier alpha value is -0.890. The van der Waals surface area contributed by atoms with E-state index in [4.69, 9.17) is 0 Å². The van der Waals surface area contributed by atoms with Crippen LogP contribution in [0.1, 0.15) is 0 Å². The summed E-state index contributed by atoms with van der Waals surface area (Å²) < 4.78 is 13.8. The molecule has 0 unspecified atom stereocenters. The van der Waals surface area contributed by atoms with E-state index in [2.05, 4.69) is 6.07 Å². The molecule has 10 heavy (non-hydrogen) atoms. The summed E-state index contributed by atoms with van der Waals surface area (Å²) in [7, 11) is 0. The molecule has 2 aromatic rings. The van der Waals surface area contributed by atoms with Crippen molar-refractivity contribution in [3.05, 3.63) is 35.5 Å². The Labute approximate surface area is 61.9 Å². The van der Waals surface area contributed by atoms with Gasteiger partial charge in [-0.3, -0.25) is 0 Å². The number of hydrogen-bond acceptors (Lipinski definition) is 1. The average molecular weight is 151 g/mol. The van der Waals surface area contributed by atoms with Crippen LogP contribution in [0.25, 0.3) is 10.1 Å². The molecular formula is C8H4FS. The van der Waals surface area contributed by atoms with E-state index in [-0.39, 0.29) is 5.82 Å². The maximum atomic E-state index is 12.8. The van der Waals surface area contributed by atoms with E-state index in [0.717, 1.165) is 4.70 Å². The lowest BCUT2D eigenvalue weighted by Crippen LogP contribution is -1.70. The van der Waals surface area contributed by atoms with Gasteiger partial charge < -0.3 is 0 Å². The molecule has 2 rings (SSSR count). The van der Waals surface area contributed by atoms with Gasteiger partial charge in [0.1, 0.15) is 5.82 Å². The van der Waals surface area contributed by atoms with Crippen LogP contribution in [0.2, 0.25) is 0 Å². The Kier molecular flexibility index (Phi) is 1.21. The van der Waals surface area contributed by atoms with Gasteiger partial charge in [0.05, 0.1) is 0 Å². The molecule has 1 heterocycles. The maximum absolute atomic E-state index is 12.8. The summed E-state index contributed by atoms with van der Waals surface area (Å²) in [6.07, 6.45) is 0. The largest absolute Gasteiger partial charge is 0.206 e. The standard InChI is InChI=1S/C8H4FS/c9-7-2-1-3-8-6(7)4-5-10-8/h2-5H. The van der Waals surface area contributed by atoms with Gasteiger partial charge in [0.15, 0.2) is 0 Å². The zero-order chi connectivity index (χ0) is 6.97. The monoisotopic (exact) mass is 151 g/mol. The molecule has 0 bridgehead atoms. The van der Waals surface area contributed by atoms with Gasteiger partial charge in [0, 0.05) is 10.1 Å². The van der Waals surface area contributed by atoms with Crippen molar-refractivity contribution in [2.75, 3.05) is 0 Å². The summed E-state index contributed by atoms with van der Waals surface area (Å²) in [5.41, 5.74) is 0. The maximum Gasteiger partial charge on any atom is 0.132 e. The molecule has 0 atom stereocenters. The highest BCUT2D eigenvalue weighted by atomic mass is 32.1. The zero-order valence-corrected chi connectivity index (χ0v) is 5.91. The van der Waals surface area contributed by atoms with Crippen molar-refractivity contribution < 1.29 is 4.39 Å². The molecule has 0 nitrogen and oxygen atoms in total. The minimum absolute atomic E-state index is 0.182. The molecule has 0 aliphatic carbocycles. The Bertz CT molecular complexity index is 351. The van der Waals surface area contributed by atoms with E-state index in [1.54, 1.807) is 12.1 Å². The van der Waals surface area contributed by atoms with E-state index in [1.165, 1.54) is 17.4 Å². The molecule has 1 aromatic carbocycles. The molecule has 0 saturated heterocycles. The molecule has 0 amide bonds. The molecule has 0 fully saturated rings. The predicted molar refractivity (Wildman–Crippen MR) is 40.6 cm³/mol. The van der Waals surface area contributed by atoms with Gasteiger partial charge in [-0.2, -0.15) is 0 Å². The SMILES string of the molecule is Fc1c[c]cc2sccc12. The number of fused-ring (bicyclic) bond motifs is 1. The Morgan fingerprint density at radius 1 is 1.40 bits per heavy atom. The molecule has 0 saturated carbocycles. The third-order valence-corrected chi connectivity index (χ3v) is 2.24. The third kappa shape index (κ3) is 0.727. The van der Waals surface area contributed by atoms with E-state index >= 15 is 0 Å². The molecule has 0 N–H and O–H groups in total. The van der Waals surface area contributed by atoms with Crippen LogP contribution in [-0.4, -0.2) is 0 Å². The highest BCUT2D eigenvalue weighted by Crippen LogP contribution is 2.22. The lowest BCUT2D eigenvalue weighted by Gasteiger charge is -1.87. The fourth-order valence-corrected chi connectivity index (χ4v) is 1.68. The number of benzene rings is 1. The molecular weight excluding hydrogens is 147 g/mol. The van der Waals surface area contributed by atoms with Crippen LogP contribution in [0.4, 0.5) is 4.39 Å². The predicted octanol–water partition coefficient (Wildman–Crippen LogP) is 2.84. The third-order valence-electron chi connectivity index (χ3n) is 1.38. The fourth-order valence-electron chi connectivity index (χ4n) is 0.898. The molecule has 0 spiro atoms. The number of halogens is 1. The first-order valence-corrected chi connectivity index (χ1v) is 3.79. The first kappa shape index (κ1) is 5.86. The van der Waals surface area contributed by atoms with Crippen molar-refractivity contribution in [1.29, 1.82) is 0 Å². The van der Waals surface area contributed by atoms with Crippen molar-refractivity contribution >= 4 is 21.4 Å². The van der Waals surface area contributed by atoms with Crippen molar-refractivity contribution in [1.82, 2.24) is 0 Å². The van der Waals surface area contributed by atoms with E-state index in [0.29, 0.717) is 5.39 Å². The molecule has 1 aromatic heterocycles. The summed E-state index contributed by atoms with van der Waals surface area (Å²) in [5, 5.41) is 2.57. The molecule has 0 aliphatic heterocycles. The molecule has 1 radical (unpaired) electrons. The summed E-state index contributed by atoms with van der Waals surface area (Å²) in [5.74, 6) is -0.182. The quantitative estimate of drug-likeness (QED) is 0.543. The van der Waals surface area contributed by atoms with Crippen molar-refractivity contribution in [2.24, 2.45) is 0 Å². The van der Waals surface area contributed by atoms with Crippen LogP contribution in [0.5, 0.6) is 0 Å². The normalized spacial score (nSPS) is 10.5. The van der Waals surface area contributed by atoms with Crippen LogP contribution in [0.3, 0.4) is 0 Å². The van der Waals surface area contributed by atoms with Gasteiger partial charge >= 0.3 is 0 Å². The second-order valence-electron chi connectivity index (χ2n) is 2.00. The first-order valence-electron chi connectivity index (χ1n) is 2.91. The summed E-state index contributed by atoms with van der Waals surface area (Å²) >= 11 is 1.53. The van der Waals surface area contributed by atoms with Crippen molar-refractivity contribution in [2.45, 2.75) is 0 Å². The average Bonchev–Trinajstić information content (AvgIpc) is 2.36. The fraction of sp³-hybridized carbons (Fsp3) is 0.